The van der Waals surface area contributed by atoms with E-state index in [4.69, 9.17) is 12.2 Å². The number of halogens is 4. The van der Waals surface area contributed by atoms with Crippen LogP contribution in [0.4, 0.5) is 13.2 Å². The summed E-state index contributed by atoms with van der Waals surface area (Å²) in [6.07, 6.45) is -2.69. The summed E-state index contributed by atoms with van der Waals surface area (Å²) in [5, 5.41) is 0. The summed E-state index contributed by atoms with van der Waals surface area (Å²) in [6, 6.07) is 4.10. The lowest BCUT2D eigenvalue weighted by molar-refractivity contribution is -0.138. The number of benzene rings is 1. The van der Waals surface area contributed by atoms with Crippen LogP contribution in [0.15, 0.2) is 28.9 Å². The van der Waals surface area contributed by atoms with Crippen molar-refractivity contribution in [3.8, 4) is 5.69 Å². The van der Waals surface area contributed by atoms with Gasteiger partial charge in [0.2, 0.25) is 0 Å². The number of hydrogen-bond acceptors (Lipinski definition) is 1. The smallest absolute Gasteiger partial charge is 0.337 e. The van der Waals surface area contributed by atoms with Gasteiger partial charge in [-0.05, 0) is 30.4 Å². The van der Waals surface area contributed by atoms with Gasteiger partial charge in [-0.25, -0.2) is 0 Å². The van der Waals surface area contributed by atoms with E-state index < -0.39 is 11.7 Å². The maximum Gasteiger partial charge on any atom is 0.417 e. The lowest BCUT2D eigenvalue weighted by Gasteiger charge is -2.21. The fourth-order valence-electron chi connectivity index (χ4n) is 2.05. The van der Waals surface area contributed by atoms with Crippen LogP contribution in [0.3, 0.4) is 0 Å². The highest BCUT2D eigenvalue weighted by atomic mass is 79.9. The van der Waals surface area contributed by atoms with Crippen molar-refractivity contribution < 1.29 is 13.2 Å². The summed E-state index contributed by atoms with van der Waals surface area (Å²) in [4.78, 5) is 2.90. The molecular weight excluding hydrogens is 365 g/mol. The van der Waals surface area contributed by atoms with E-state index in [1.54, 1.807) is 16.8 Å². The highest BCUT2D eigenvalue weighted by Gasteiger charge is 2.33. The van der Waals surface area contributed by atoms with Crippen molar-refractivity contribution in [1.29, 1.82) is 0 Å². The molecule has 0 saturated carbocycles. The molecule has 1 aromatic heterocycles. The summed E-state index contributed by atoms with van der Waals surface area (Å²) in [6.45, 7) is 5.93. The molecule has 0 spiro atoms. The maximum atomic E-state index is 13.0. The second-order valence-corrected chi connectivity index (χ2v) is 6.97. The summed E-state index contributed by atoms with van der Waals surface area (Å²) in [7, 11) is 0. The molecule has 2 aromatic rings. The number of nitrogens with one attached hydrogen (secondary N) is 1. The number of nitrogens with zero attached hydrogens (tertiary/aromatic N) is 1. The standard InChI is InChI=1S/C14H14BrF3N2S/c1-13(2,3)11-7-19-12(21)20(11)8-4-5-10(15)9(6-8)14(16,17)18/h4-7H,1-3H3,(H,19,21). The van der Waals surface area contributed by atoms with Gasteiger partial charge in [0.05, 0.1) is 5.56 Å². The first-order valence-corrected chi connectivity index (χ1v) is 7.40. The molecule has 0 amide bonds. The van der Waals surface area contributed by atoms with Gasteiger partial charge < -0.3 is 4.98 Å². The zero-order chi connectivity index (χ0) is 16.0. The molecule has 21 heavy (non-hydrogen) atoms. The lowest BCUT2D eigenvalue weighted by atomic mass is 9.92. The molecule has 7 heteroatoms. The minimum atomic E-state index is -4.42. The van der Waals surface area contributed by atoms with E-state index in [1.165, 1.54) is 6.07 Å². The van der Waals surface area contributed by atoms with Gasteiger partial charge in [-0.1, -0.05) is 36.7 Å². The summed E-state index contributed by atoms with van der Waals surface area (Å²) in [5.41, 5.74) is 0.242. The largest absolute Gasteiger partial charge is 0.417 e. The molecule has 2 rings (SSSR count). The Morgan fingerprint density at radius 1 is 1.19 bits per heavy atom. The summed E-state index contributed by atoms with van der Waals surface area (Å²) < 4.78 is 41.1. The minimum Gasteiger partial charge on any atom is -0.337 e. The van der Waals surface area contributed by atoms with Crippen LogP contribution in [0.5, 0.6) is 0 Å². The van der Waals surface area contributed by atoms with Crippen LogP contribution in [-0.2, 0) is 11.6 Å². The summed E-state index contributed by atoms with van der Waals surface area (Å²) >= 11 is 8.15. The Hall–Kier alpha value is -1.08. The second kappa shape index (κ2) is 5.28. The van der Waals surface area contributed by atoms with E-state index >= 15 is 0 Å². The van der Waals surface area contributed by atoms with E-state index in [2.05, 4.69) is 20.9 Å². The molecular formula is C14H14BrF3N2S. The maximum absolute atomic E-state index is 13.0. The van der Waals surface area contributed by atoms with Gasteiger partial charge in [-0.3, -0.25) is 4.57 Å². The zero-order valence-corrected chi connectivity index (χ0v) is 14.1. The van der Waals surface area contributed by atoms with Crippen LogP contribution >= 0.6 is 28.1 Å². The Labute approximate surface area is 134 Å². The fraction of sp³-hybridized carbons (Fsp3) is 0.357. The second-order valence-electron chi connectivity index (χ2n) is 5.73. The van der Waals surface area contributed by atoms with Crippen molar-refractivity contribution in [3.63, 3.8) is 0 Å². The predicted octanol–water partition coefficient (Wildman–Crippen LogP) is 5.61. The average Bonchev–Trinajstić information content (AvgIpc) is 2.70. The van der Waals surface area contributed by atoms with Crippen molar-refractivity contribution in [3.05, 3.63) is 44.9 Å². The van der Waals surface area contributed by atoms with E-state index in [-0.39, 0.29) is 9.89 Å². The summed E-state index contributed by atoms with van der Waals surface area (Å²) in [5.74, 6) is 0. The molecule has 0 atom stereocenters. The molecule has 0 bridgehead atoms. The van der Waals surface area contributed by atoms with Gasteiger partial charge in [0.1, 0.15) is 0 Å². The highest BCUT2D eigenvalue weighted by molar-refractivity contribution is 9.10. The normalized spacial score (nSPS) is 12.7. The molecule has 0 unspecified atom stereocenters. The first-order chi connectivity index (χ1) is 9.51. The molecule has 0 aliphatic rings. The number of aromatic amines is 1. The third-order valence-electron chi connectivity index (χ3n) is 3.06. The van der Waals surface area contributed by atoms with E-state index in [0.717, 1.165) is 11.8 Å². The molecule has 1 heterocycles. The number of hydrogen-bond donors (Lipinski definition) is 1. The number of alkyl halides is 3. The molecule has 0 saturated heterocycles. The highest BCUT2D eigenvalue weighted by Crippen LogP contribution is 2.36. The molecule has 1 aromatic carbocycles. The van der Waals surface area contributed by atoms with Crippen LogP contribution in [0, 0.1) is 4.77 Å². The third-order valence-corrected chi connectivity index (χ3v) is 4.05. The predicted molar refractivity (Wildman–Crippen MR) is 82.4 cm³/mol. The van der Waals surface area contributed by atoms with E-state index in [1.807, 2.05) is 20.8 Å². The van der Waals surface area contributed by atoms with Gasteiger partial charge >= 0.3 is 6.18 Å². The van der Waals surface area contributed by atoms with E-state index in [9.17, 15) is 13.2 Å². The van der Waals surface area contributed by atoms with Crippen molar-refractivity contribution >= 4 is 28.1 Å². The minimum absolute atomic E-state index is 0.0121. The van der Waals surface area contributed by atoms with Crippen molar-refractivity contribution in [2.45, 2.75) is 32.4 Å². The van der Waals surface area contributed by atoms with Gasteiger partial charge in [0.15, 0.2) is 4.77 Å². The zero-order valence-electron chi connectivity index (χ0n) is 11.7. The quantitative estimate of drug-likeness (QED) is 0.639. The van der Waals surface area contributed by atoms with Gasteiger partial charge in [0.25, 0.3) is 0 Å². The fourth-order valence-corrected chi connectivity index (χ4v) is 2.78. The number of aromatic nitrogens is 2. The average molecular weight is 379 g/mol. The van der Waals surface area contributed by atoms with Gasteiger partial charge in [-0.15, -0.1) is 0 Å². The van der Waals surface area contributed by atoms with Crippen molar-refractivity contribution in [2.75, 3.05) is 0 Å². The first kappa shape index (κ1) is 16.3. The van der Waals surface area contributed by atoms with Crippen LogP contribution in [-0.4, -0.2) is 9.55 Å². The topological polar surface area (TPSA) is 20.7 Å². The Kier molecular flexibility index (Phi) is 4.10. The molecule has 0 aliphatic heterocycles. The Morgan fingerprint density at radius 2 is 1.81 bits per heavy atom. The Balaban J connectivity index is 2.70. The molecule has 0 aliphatic carbocycles. The Bertz CT molecular complexity index is 723. The molecule has 114 valence electrons. The van der Waals surface area contributed by atoms with Crippen LogP contribution in [0.2, 0.25) is 0 Å². The molecule has 0 radical (unpaired) electrons. The van der Waals surface area contributed by atoms with E-state index in [0.29, 0.717) is 10.5 Å². The first-order valence-electron chi connectivity index (χ1n) is 6.20. The number of H-pyrrole nitrogens is 1. The van der Waals surface area contributed by atoms with Crippen molar-refractivity contribution in [2.24, 2.45) is 0 Å². The molecule has 0 fully saturated rings. The lowest BCUT2D eigenvalue weighted by Crippen LogP contribution is -2.17. The monoisotopic (exact) mass is 378 g/mol. The van der Waals surface area contributed by atoms with Crippen molar-refractivity contribution in [1.82, 2.24) is 9.55 Å². The van der Waals surface area contributed by atoms with Gasteiger partial charge in [0, 0.05) is 27.5 Å². The van der Waals surface area contributed by atoms with Crippen LogP contribution in [0.1, 0.15) is 32.0 Å². The number of rotatable bonds is 1. The van der Waals surface area contributed by atoms with Crippen LogP contribution in [0.25, 0.3) is 5.69 Å². The molecule has 1 N–H and O–H groups in total. The SMILES string of the molecule is CC(C)(C)c1c[nH]c(=S)n1-c1ccc(Br)c(C(F)(F)F)c1. The molecule has 2 nitrogen and oxygen atoms in total. The number of imidazole rings is 1. The third kappa shape index (κ3) is 3.23. The van der Waals surface area contributed by atoms with Gasteiger partial charge in [-0.2, -0.15) is 13.2 Å². The Morgan fingerprint density at radius 3 is 2.33 bits per heavy atom. The van der Waals surface area contributed by atoms with Crippen LogP contribution < -0.4 is 0 Å².